The van der Waals surface area contributed by atoms with Crippen LogP contribution < -0.4 is 21.6 Å². The number of anilines is 1. The minimum atomic E-state index is -0.863. The number of hydrogen-bond acceptors (Lipinski definition) is 9. The van der Waals surface area contributed by atoms with Crippen molar-refractivity contribution in [3.05, 3.63) is 40.2 Å². The number of amides is 5. The van der Waals surface area contributed by atoms with Gasteiger partial charge in [0.05, 0.1) is 18.0 Å². The van der Waals surface area contributed by atoms with E-state index in [9.17, 15) is 33.6 Å². The Labute approximate surface area is 287 Å². The largest absolute Gasteiger partial charge is 0.457 e. The molecule has 0 radical (unpaired) electrons. The molecule has 1 aromatic carbocycles. The molecule has 0 saturated heterocycles. The topological polar surface area (TPSA) is 181 Å². The van der Waals surface area contributed by atoms with Crippen molar-refractivity contribution in [2.45, 2.75) is 99.6 Å². The fraction of sp³-hybridized carbons (Fsp3) is 0.583. The Morgan fingerprint density at radius 1 is 0.898 bits per heavy atom. The van der Waals surface area contributed by atoms with E-state index in [2.05, 4.69) is 16.0 Å². The summed E-state index contributed by atoms with van der Waals surface area (Å²) in [7, 11) is 0. The average molecular weight is 685 g/mol. The Bertz CT molecular complexity index is 1530. The molecule has 1 heterocycles. The van der Waals surface area contributed by atoms with Gasteiger partial charge in [-0.1, -0.05) is 54.9 Å². The molecule has 13 heteroatoms. The molecule has 0 aliphatic rings. The molecule has 3 atom stereocenters. The van der Waals surface area contributed by atoms with E-state index in [0.717, 1.165) is 0 Å². The van der Waals surface area contributed by atoms with Gasteiger partial charge in [-0.2, -0.15) is 0 Å². The summed E-state index contributed by atoms with van der Waals surface area (Å²) in [5.74, 6) is -2.10. The summed E-state index contributed by atoms with van der Waals surface area (Å²) in [4.78, 5) is 87.6. The van der Waals surface area contributed by atoms with Crippen LogP contribution in [-0.4, -0.2) is 60.0 Å². The number of hydrogen-bond donors (Lipinski definition) is 3. The quantitative estimate of drug-likeness (QED) is 0.0832. The smallest absolute Gasteiger partial charge is 0.343 e. The number of esters is 1. The number of unbranched alkanes of at least 4 members (excludes halogenated alkanes) is 2. The van der Waals surface area contributed by atoms with Gasteiger partial charge in [0.15, 0.2) is 0 Å². The van der Waals surface area contributed by atoms with Crippen LogP contribution in [-0.2, 0) is 33.5 Å². The van der Waals surface area contributed by atoms with Crippen molar-refractivity contribution < 1.29 is 37.9 Å². The summed E-state index contributed by atoms with van der Waals surface area (Å²) in [6, 6.07) is 5.44. The summed E-state index contributed by atoms with van der Waals surface area (Å²) in [5.41, 5.74) is 0.0686. The number of nitrogens with one attached hydrogen (secondary N) is 3. The summed E-state index contributed by atoms with van der Waals surface area (Å²) >= 11 is 0. The zero-order chi connectivity index (χ0) is 36.8. The third-order valence-electron chi connectivity index (χ3n) is 8.32. The predicted octanol–water partition coefficient (Wildman–Crippen LogP) is 4.48. The van der Waals surface area contributed by atoms with E-state index in [1.807, 2.05) is 20.8 Å². The molecule has 1 aromatic heterocycles. The van der Waals surface area contributed by atoms with E-state index in [-0.39, 0.29) is 53.7 Å². The first-order valence-corrected chi connectivity index (χ1v) is 16.9. The molecule has 0 aliphatic heterocycles. The van der Waals surface area contributed by atoms with Crippen molar-refractivity contribution in [2.24, 2.45) is 23.7 Å². The SMILES string of the molecule is CC(C)C(=O)OC(C)c1cc2ccc(NC(=O)CNC(=O)C(NC(=O)CCCCCN(C=O)C(=O)CC(C)C(C)C)C(C)C)cc2oc1=O. The number of benzene rings is 1. The van der Waals surface area contributed by atoms with Crippen molar-refractivity contribution in [3.8, 4) is 0 Å². The van der Waals surface area contributed by atoms with Crippen LogP contribution in [0, 0.1) is 23.7 Å². The van der Waals surface area contributed by atoms with Crippen LogP contribution in [0.1, 0.15) is 99.2 Å². The first-order valence-electron chi connectivity index (χ1n) is 16.9. The molecule has 49 heavy (non-hydrogen) atoms. The Balaban J connectivity index is 1.84. The molecule has 270 valence electrons. The summed E-state index contributed by atoms with van der Waals surface area (Å²) in [6.07, 6.45) is 1.93. The standard InChI is InChI=1S/C36H52N4O9/c1-21(2)24(7)16-32(44)40(20-41)15-11-9-10-12-30(42)39-33(22(3)4)34(45)37-19-31(43)38-27-14-13-26-17-28(36(47)49-29(26)18-27)25(8)48-35(46)23(5)6/h13-14,17-18,20-25,33H,9-12,15-16,19H2,1-8H3,(H,37,45)(H,38,43)(H,39,42). The highest BCUT2D eigenvalue weighted by Crippen LogP contribution is 2.23. The van der Waals surface area contributed by atoms with Crippen LogP contribution in [0.4, 0.5) is 5.69 Å². The lowest BCUT2D eigenvalue weighted by Gasteiger charge is -2.22. The van der Waals surface area contributed by atoms with E-state index < -0.39 is 35.6 Å². The third-order valence-corrected chi connectivity index (χ3v) is 8.32. The lowest BCUT2D eigenvalue weighted by atomic mass is 9.94. The van der Waals surface area contributed by atoms with Crippen molar-refractivity contribution in [3.63, 3.8) is 0 Å². The Morgan fingerprint density at radius 3 is 2.20 bits per heavy atom. The summed E-state index contributed by atoms with van der Waals surface area (Å²) in [6.45, 7) is 14.5. The van der Waals surface area contributed by atoms with E-state index in [4.69, 9.17) is 9.15 Å². The molecule has 2 rings (SSSR count). The van der Waals surface area contributed by atoms with Gasteiger partial charge in [-0.25, -0.2) is 4.79 Å². The van der Waals surface area contributed by atoms with Gasteiger partial charge < -0.3 is 25.1 Å². The molecular formula is C36H52N4O9. The van der Waals surface area contributed by atoms with Gasteiger partial charge in [-0.15, -0.1) is 0 Å². The normalized spacial score (nSPS) is 13.1. The van der Waals surface area contributed by atoms with Crippen LogP contribution in [0.2, 0.25) is 0 Å². The maximum atomic E-state index is 12.9. The van der Waals surface area contributed by atoms with Crippen LogP contribution in [0.3, 0.4) is 0 Å². The fourth-order valence-corrected chi connectivity index (χ4v) is 4.73. The van der Waals surface area contributed by atoms with Crippen LogP contribution >= 0.6 is 0 Å². The summed E-state index contributed by atoms with van der Waals surface area (Å²) in [5, 5.41) is 8.50. The van der Waals surface area contributed by atoms with E-state index in [1.165, 1.54) is 11.0 Å². The van der Waals surface area contributed by atoms with Crippen LogP contribution in [0.25, 0.3) is 11.0 Å². The monoisotopic (exact) mass is 684 g/mol. The molecule has 2 aromatic rings. The number of nitrogens with zero attached hydrogens (tertiary/aromatic N) is 1. The maximum Gasteiger partial charge on any atom is 0.343 e. The lowest BCUT2D eigenvalue weighted by molar-refractivity contribution is -0.152. The third kappa shape index (κ3) is 13.1. The minimum Gasteiger partial charge on any atom is -0.457 e. The zero-order valence-electron chi connectivity index (χ0n) is 29.9. The first-order chi connectivity index (χ1) is 23.0. The number of fused-ring (bicyclic) bond motifs is 1. The first kappa shape index (κ1) is 40.6. The second kappa shape index (κ2) is 19.4. The van der Waals surface area contributed by atoms with E-state index >= 15 is 0 Å². The van der Waals surface area contributed by atoms with Gasteiger partial charge in [0.25, 0.3) is 0 Å². The maximum absolute atomic E-state index is 12.9. The average Bonchev–Trinajstić information content (AvgIpc) is 3.03. The Hall–Kier alpha value is -4.55. The molecule has 3 unspecified atom stereocenters. The highest BCUT2D eigenvalue weighted by atomic mass is 16.5. The van der Waals surface area contributed by atoms with Crippen LogP contribution in [0.15, 0.2) is 33.5 Å². The molecule has 0 fully saturated rings. The van der Waals surface area contributed by atoms with E-state index in [0.29, 0.717) is 55.6 Å². The highest BCUT2D eigenvalue weighted by molar-refractivity contribution is 5.97. The highest BCUT2D eigenvalue weighted by Gasteiger charge is 2.25. The summed E-state index contributed by atoms with van der Waals surface area (Å²) < 4.78 is 10.7. The number of carbonyl (C=O) groups excluding carboxylic acids is 6. The number of imide groups is 1. The zero-order valence-corrected chi connectivity index (χ0v) is 29.9. The molecular weight excluding hydrogens is 632 g/mol. The molecule has 5 amide bonds. The molecule has 13 nitrogen and oxygen atoms in total. The molecule has 0 bridgehead atoms. The van der Waals surface area contributed by atoms with Gasteiger partial charge in [0, 0.05) is 36.5 Å². The molecule has 0 saturated carbocycles. The number of rotatable bonds is 19. The Morgan fingerprint density at radius 2 is 1.59 bits per heavy atom. The lowest BCUT2D eigenvalue weighted by Crippen LogP contribution is -2.51. The van der Waals surface area contributed by atoms with Gasteiger partial charge in [0.1, 0.15) is 17.7 Å². The van der Waals surface area contributed by atoms with Crippen molar-refractivity contribution in [1.29, 1.82) is 0 Å². The van der Waals surface area contributed by atoms with Crippen molar-refractivity contribution >= 4 is 52.7 Å². The molecule has 0 spiro atoms. The van der Waals surface area contributed by atoms with Gasteiger partial charge in [-0.05, 0) is 55.7 Å². The van der Waals surface area contributed by atoms with Gasteiger partial charge in [-0.3, -0.25) is 33.7 Å². The number of ether oxygens (including phenoxy) is 1. The molecule has 0 aliphatic carbocycles. The number of carbonyl (C=O) groups is 6. The second-order valence-electron chi connectivity index (χ2n) is 13.5. The van der Waals surface area contributed by atoms with Crippen LogP contribution in [0.5, 0.6) is 0 Å². The van der Waals surface area contributed by atoms with Crippen molar-refractivity contribution in [1.82, 2.24) is 15.5 Å². The van der Waals surface area contributed by atoms with E-state index in [1.54, 1.807) is 52.8 Å². The minimum absolute atomic E-state index is 0.165. The Kier molecular flexibility index (Phi) is 16.1. The van der Waals surface area contributed by atoms with Gasteiger partial charge in [0.2, 0.25) is 30.0 Å². The second-order valence-corrected chi connectivity index (χ2v) is 13.5. The predicted molar refractivity (Wildman–Crippen MR) is 185 cm³/mol. The van der Waals surface area contributed by atoms with Gasteiger partial charge >= 0.3 is 11.6 Å². The van der Waals surface area contributed by atoms with Crippen molar-refractivity contribution in [2.75, 3.05) is 18.4 Å². The fourth-order valence-electron chi connectivity index (χ4n) is 4.73. The molecule has 3 N–H and O–H groups in total.